The highest BCUT2D eigenvalue weighted by Crippen LogP contribution is 2.60. The largest absolute Gasteiger partial charge is 0.476 e. The Morgan fingerprint density at radius 2 is 1.85 bits per heavy atom. The number of carboxylic acids is 1. The highest BCUT2D eigenvalue weighted by molar-refractivity contribution is 5.85. The van der Waals surface area contributed by atoms with Gasteiger partial charge in [0.05, 0.1) is 0 Å². The molecule has 5 rings (SSSR count). The minimum Gasteiger partial charge on any atom is -0.476 e. The van der Waals surface area contributed by atoms with E-state index in [4.69, 9.17) is 9.63 Å². The summed E-state index contributed by atoms with van der Waals surface area (Å²) in [6.07, 6.45) is 12.4. The summed E-state index contributed by atoms with van der Waals surface area (Å²) in [4.78, 5) is 10.8. The Bertz CT molecular complexity index is 537. The number of hydrogen-bond donors (Lipinski definition) is 1. The highest BCUT2D eigenvalue weighted by Gasteiger charge is 2.49. The molecule has 1 aromatic heterocycles. The van der Waals surface area contributed by atoms with Crippen LogP contribution in [-0.2, 0) is 0 Å². The van der Waals surface area contributed by atoms with Gasteiger partial charge in [-0.15, -0.1) is 0 Å². The smallest absolute Gasteiger partial charge is 0.358 e. The maximum Gasteiger partial charge on any atom is 0.358 e. The number of nitrogens with zero attached hydrogens (tertiary/aromatic N) is 1. The molecule has 20 heavy (non-hydrogen) atoms. The fourth-order valence-corrected chi connectivity index (χ4v) is 5.11. The number of hydrogen-bond acceptors (Lipinski definition) is 3. The zero-order valence-corrected chi connectivity index (χ0v) is 11.4. The van der Waals surface area contributed by atoms with Crippen LogP contribution in [0.1, 0.15) is 54.8 Å². The van der Waals surface area contributed by atoms with Gasteiger partial charge in [-0.05, 0) is 67.8 Å². The van der Waals surface area contributed by atoms with Crippen LogP contribution in [0.5, 0.6) is 0 Å². The van der Waals surface area contributed by atoms with Gasteiger partial charge < -0.3 is 9.63 Å². The Balaban J connectivity index is 1.55. The van der Waals surface area contributed by atoms with Crippen molar-refractivity contribution in [1.29, 1.82) is 0 Å². The first kappa shape index (κ1) is 12.2. The molecule has 0 aromatic carbocycles. The van der Waals surface area contributed by atoms with Gasteiger partial charge in [0.25, 0.3) is 0 Å². The summed E-state index contributed by atoms with van der Waals surface area (Å²) in [5.74, 6) is 2.25. The molecular formula is C16H19NO3. The van der Waals surface area contributed by atoms with Crippen molar-refractivity contribution in [3.8, 4) is 0 Å². The second-order valence-corrected chi connectivity index (χ2v) is 7.03. The maximum absolute atomic E-state index is 10.8. The zero-order valence-electron chi connectivity index (χ0n) is 11.4. The number of allylic oxidation sites excluding steroid dienone is 1. The molecule has 1 heterocycles. The van der Waals surface area contributed by atoms with Crippen molar-refractivity contribution in [1.82, 2.24) is 5.16 Å². The van der Waals surface area contributed by atoms with Crippen LogP contribution in [0.25, 0.3) is 6.08 Å². The molecule has 1 aromatic rings. The van der Waals surface area contributed by atoms with Gasteiger partial charge in [-0.1, -0.05) is 11.2 Å². The molecule has 0 radical (unpaired) electrons. The summed E-state index contributed by atoms with van der Waals surface area (Å²) >= 11 is 0. The molecule has 0 saturated heterocycles. The predicted octanol–water partition coefficient (Wildman–Crippen LogP) is 3.60. The fourth-order valence-electron chi connectivity index (χ4n) is 5.11. The van der Waals surface area contributed by atoms with Crippen molar-refractivity contribution in [2.75, 3.05) is 0 Å². The predicted molar refractivity (Wildman–Crippen MR) is 73.1 cm³/mol. The number of carbonyl (C=O) groups is 1. The van der Waals surface area contributed by atoms with Crippen LogP contribution in [0.2, 0.25) is 0 Å². The second kappa shape index (κ2) is 4.21. The van der Waals surface area contributed by atoms with Gasteiger partial charge in [0.1, 0.15) is 0 Å². The minimum absolute atomic E-state index is 0.0184. The van der Waals surface area contributed by atoms with Gasteiger partial charge in [0.15, 0.2) is 11.5 Å². The number of aromatic nitrogens is 1. The number of aromatic carboxylic acids is 1. The molecule has 4 fully saturated rings. The molecule has 0 spiro atoms. The van der Waals surface area contributed by atoms with Crippen LogP contribution in [-0.4, -0.2) is 16.2 Å². The fraction of sp³-hybridized carbons (Fsp3) is 0.625. The summed E-state index contributed by atoms with van der Waals surface area (Å²) in [6.45, 7) is 0. The lowest BCUT2D eigenvalue weighted by atomic mass is 9.49. The SMILES string of the molecule is O=C(O)c1cc(/C=C/C23CC4CC(CC(C4)C2)C3)on1. The molecule has 4 nitrogen and oxygen atoms in total. The molecule has 4 saturated carbocycles. The molecule has 106 valence electrons. The molecule has 4 bridgehead atoms. The Hall–Kier alpha value is -1.58. The van der Waals surface area contributed by atoms with Crippen LogP contribution >= 0.6 is 0 Å². The molecule has 0 atom stereocenters. The molecule has 0 aliphatic heterocycles. The second-order valence-electron chi connectivity index (χ2n) is 7.03. The molecule has 4 aliphatic carbocycles. The Labute approximate surface area is 117 Å². The van der Waals surface area contributed by atoms with E-state index in [2.05, 4.69) is 11.2 Å². The standard InChI is InChI=1S/C16H19NO3/c18-15(19)14-6-13(20-17-14)1-2-16-7-10-3-11(8-16)5-12(4-10)9-16/h1-2,6,10-12H,3-5,7-9H2,(H,18,19)/b2-1+. The first-order chi connectivity index (χ1) is 9.62. The van der Waals surface area contributed by atoms with Gasteiger partial charge in [0.2, 0.25) is 0 Å². The summed E-state index contributed by atoms with van der Waals surface area (Å²) in [6, 6.07) is 1.50. The van der Waals surface area contributed by atoms with Crippen LogP contribution < -0.4 is 0 Å². The van der Waals surface area contributed by atoms with Crippen LogP contribution in [0, 0.1) is 23.2 Å². The van der Waals surface area contributed by atoms with E-state index in [-0.39, 0.29) is 5.69 Å². The van der Waals surface area contributed by atoms with Crippen molar-refractivity contribution in [3.05, 3.63) is 23.6 Å². The van der Waals surface area contributed by atoms with E-state index in [1.54, 1.807) is 0 Å². The normalized spacial score (nSPS) is 38.7. The van der Waals surface area contributed by atoms with E-state index in [0.29, 0.717) is 11.2 Å². The van der Waals surface area contributed by atoms with Crippen LogP contribution in [0.3, 0.4) is 0 Å². The van der Waals surface area contributed by atoms with Crippen molar-refractivity contribution in [2.24, 2.45) is 23.2 Å². The topological polar surface area (TPSA) is 63.3 Å². The quantitative estimate of drug-likeness (QED) is 0.913. The van der Waals surface area contributed by atoms with E-state index < -0.39 is 5.97 Å². The van der Waals surface area contributed by atoms with E-state index in [1.807, 2.05) is 6.08 Å². The first-order valence-corrected chi connectivity index (χ1v) is 7.51. The average molecular weight is 273 g/mol. The highest BCUT2D eigenvalue weighted by atomic mass is 16.5. The Kier molecular flexibility index (Phi) is 2.56. The molecule has 4 heteroatoms. The minimum atomic E-state index is -1.04. The molecular weight excluding hydrogens is 254 g/mol. The lowest BCUT2D eigenvalue weighted by Gasteiger charge is -2.55. The van der Waals surface area contributed by atoms with Gasteiger partial charge >= 0.3 is 5.97 Å². The zero-order chi connectivity index (χ0) is 13.7. The van der Waals surface area contributed by atoms with Crippen molar-refractivity contribution < 1.29 is 14.4 Å². The van der Waals surface area contributed by atoms with Crippen molar-refractivity contribution >= 4 is 12.0 Å². The van der Waals surface area contributed by atoms with E-state index in [1.165, 1.54) is 44.6 Å². The Morgan fingerprint density at radius 1 is 1.25 bits per heavy atom. The lowest BCUT2D eigenvalue weighted by molar-refractivity contribution is -0.0233. The summed E-state index contributed by atoms with van der Waals surface area (Å²) in [5, 5.41) is 12.4. The third-order valence-corrected chi connectivity index (χ3v) is 5.43. The van der Waals surface area contributed by atoms with Crippen molar-refractivity contribution in [3.63, 3.8) is 0 Å². The Morgan fingerprint density at radius 3 is 2.35 bits per heavy atom. The molecule has 1 N–H and O–H groups in total. The van der Waals surface area contributed by atoms with Crippen LogP contribution in [0.15, 0.2) is 16.7 Å². The first-order valence-electron chi connectivity index (χ1n) is 7.51. The molecule has 0 amide bonds. The lowest BCUT2D eigenvalue weighted by Crippen LogP contribution is -2.44. The third-order valence-electron chi connectivity index (χ3n) is 5.43. The van der Waals surface area contributed by atoms with Crippen LogP contribution in [0.4, 0.5) is 0 Å². The molecule has 0 unspecified atom stereocenters. The van der Waals surface area contributed by atoms with Gasteiger partial charge in [-0.25, -0.2) is 4.79 Å². The molecule has 4 aliphatic rings. The summed E-state index contributed by atoms with van der Waals surface area (Å²) in [5.41, 5.74) is 0.320. The third kappa shape index (κ3) is 1.98. The monoisotopic (exact) mass is 273 g/mol. The van der Waals surface area contributed by atoms with E-state index >= 15 is 0 Å². The summed E-state index contributed by atoms with van der Waals surface area (Å²) in [7, 11) is 0. The van der Waals surface area contributed by atoms with Gasteiger partial charge in [-0.2, -0.15) is 0 Å². The maximum atomic E-state index is 10.8. The summed E-state index contributed by atoms with van der Waals surface area (Å²) < 4.78 is 5.07. The number of rotatable bonds is 3. The van der Waals surface area contributed by atoms with Gasteiger partial charge in [0, 0.05) is 6.07 Å². The van der Waals surface area contributed by atoms with E-state index in [0.717, 1.165) is 17.8 Å². The van der Waals surface area contributed by atoms with Crippen molar-refractivity contribution in [2.45, 2.75) is 38.5 Å². The van der Waals surface area contributed by atoms with Gasteiger partial charge in [-0.3, -0.25) is 0 Å². The van der Waals surface area contributed by atoms with E-state index in [9.17, 15) is 4.79 Å². The average Bonchev–Trinajstić information content (AvgIpc) is 2.84. The number of carboxylic acid groups (broad SMARTS) is 1.